The average molecular weight is 270 g/mol. The molecule has 112 valence electrons. The third-order valence-corrected chi connectivity index (χ3v) is 3.10. The highest BCUT2D eigenvalue weighted by Crippen LogP contribution is 2.10. The third kappa shape index (κ3) is 13.4. The van der Waals surface area contributed by atoms with E-state index in [-0.39, 0.29) is 12.1 Å². The largest absolute Gasteiger partial charge is 0.462 e. The highest BCUT2D eigenvalue weighted by molar-refractivity contribution is 5.86. The molecule has 0 fully saturated rings. The van der Waals surface area contributed by atoms with Gasteiger partial charge < -0.3 is 9.84 Å². The number of hydrogen-bond acceptors (Lipinski definition) is 3. The van der Waals surface area contributed by atoms with Crippen molar-refractivity contribution in [2.75, 3.05) is 6.61 Å². The van der Waals surface area contributed by atoms with E-state index in [2.05, 4.69) is 6.58 Å². The number of carbonyl (C=O) groups excluding carboxylic acids is 1. The molecule has 0 aliphatic carbocycles. The molecular formula is C16H30O3. The van der Waals surface area contributed by atoms with E-state index in [1.165, 1.54) is 32.1 Å². The van der Waals surface area contributed by atoms with E-state index in [1.54, 1.807) is 6.92 Å². The minimum Gasteiger partial charge on any atom is -0.462 e. The van der Waals surface area contributed by atoms with E-state index in [1.807, 2.05) is 6.92 Å². The zero-order chi connectivity index (χ0) is 14.5. The Kier molecular flexibility index (Phi) is 11.7. The number of rotatable bonds is 12. The summed E-state index contributed by atoms with van der Waals surface area (Å²) in [4.78, 5) is 11.1. The van der Waals surface area contributed by atoms with E-state index in [4.69, 9.17) is 9.84 Å². The van der Waals surface area contributed by atoms with Crippen LogP contribution in [-0.4, -0.2) is 23.8 Å². The molecule has 0 rings (SSSR count). The summed E-state index contributed by atoms with van der Waals surface area (Å²) in [5, 5.41) is 9.11. The summed E-state index contributed by atoms with van der Waals surface area (Å²) >= 11 is 0. The van der Waals surface area contributed by atoms with Crippen molar-refractivity contribution >= 4 is 5.97 Å². The van der Waals surface area contributed by atoms with Crippen molar-refractivity contribution in [3.05, 3.63) is 12.2 Å². The quantitative estimate of drug-likeness (QED) is 0.331. The second-order valence-electron chi connectivity index (χ2n) is 5.38. The Morgan fingerprint density at radius 2 is 1.53 bits per heavy atom. The smallest absolute Gasteiger partial charge is 0.333 e. The molecule has 1 atom stereocenters. The molecule has 0 bridgehead atoms. The number of esters is 1. The van der Waals surface area contributed by atoms with Gasteiger partial charge in [-0.05, 0) is 26.7 Å². The van der Waals surface area contributed by atoms with Gasteiger partial charge in [-0.25, -0.2) is 4.79 Å². The lowest BCUT2D eigenvalue weighted by molar-refractivity contribution is -0.139. The Bertz CT molecular complexity index is 246. The zero-order valence-corrected chi connectivity index (χ0v) is 12.6. The van der Waals surface area contributed by atoms with Gasteiger partial charge in [0.05, 0.1) is 12.7 Å². The first-order valence-corrected chi connectivity index (χ1v) is 7.54. The maximum atomic E-state index is 11.1. The lowest BCUT2D eigenvalue weighted by Crippen LogP contribution is -2.05. The van der Waals surface area contributed by atoms with Crippen LogP contribution in [0.15, 0.2) is 12.2 Å². The normalized spacial score (nSPS) is 12.2. The Labute approximate surface area is 118 Å². The van der Waals surface area contributed by atoms with Gasteiger partial charge in [0.25, 0.3) is 0 Å². The highest BCUT2D eigenvalue weighted by atomic mass is 16.5. The van der Waals surface area contributed by atoms with Crippen LogP contribution < -0.4 is 0 Å². The summed E-state index contributed by atoms with van der Waals surface area (Å²) in [5.74, 6) is -0.280. The Morgan fingerprint density at radius 1 is 1.05 bits per heavy atom. The summed E-state index contributed by atoms with van der Waals surface area (Å²) in [7, 11) is 0. The molecule has 0 amide bonds. The van der Waals surface area contributed by atoms with E-state index >= 15 is 0 Å². The van der Waals surface area contributed by atoms with Crippen molar-refractivity contribution in [3.8, 4) is 0 Å². The number of hydrogen-bond donors (Lipinski definition) is 1. The molecule has 0 aliphatic heterocycles. The van der Waals surface area contributed by atoms with Crippen LogP contribution in [0, 0.1) is 0 Å². The Morgan fingerprint density at radius 3 is 2.00 bits per heavy atom. The standard InChI is InChI=1S/C16H30O3/c1-14(2)16(18)19-13-11-9-7-5-4-6-8-10-12-15(3)17/h15,17H,1,4-13H2,2-3H3. The Balaban J connectivity index is 3.11. The van der Waals surface area contributed by atoms with Crippen LogP contribution in [0.1, 0.15) is 71.6 Å². The van der Waals surface area contributed by atoms with E-state index in [0.717, 1.165) is 25.7 Å². The second kappa shape index (κ2) is 12.2. The highest BCUT2D eigenvalue weighted by Gasteiger charge is 2.01. The second-order valence-corrected chi connectivity index (χ2v) is 5.38. The van der Waals surface area contributed by atoms with Crippen LogP contribution in [0.3, 0.4) is 0 Å². The molecule has 0 aromatic rings. The topological polar surface area (TPSA) is 46.5 Å². The van der Waals surface area contributed by atoms with Crippen molar-refractivity contribution in [2.45, 2.75) is 77.7 Å². The van der Waals surface area contributed by atoms with Crippen LogP contribution in [0.2, 0.25) is 0 Å². The first-order valence-electron chi connectivity index (χ1n) is 7.54. The summed E-state index contributed by atoms with van der Waals surface area (Å²) in [5.41, 5.74) is 0.470. The van der Waals surface area contributed by atoms with Crippen LogP contribution in [0.4, 0.5) is 0 Å². The molecule has 3 heteroatoms. The van der Waals surface area contributed by atoms with Gasteiger partial charge in [0.15, 0.2) is 0 Å². The zero-order valence-electron chi connectivity index (χ0n) is 12.6. The van der Waals surface area contributed by atoms with Crippen LogP contribution in [0.5, 0.6) is 0 Å². The molecular weight excluding hydrogens is 240 g/mol. The maximum Gasteiger partial charge on any atom is 0.333 e. The summed E-state index contributed by atoms with van der Waals surface area (Å²) < 4.78 is 5.02. The first-order chi connectivity index (χ1) is 9.04. The average Bonchev–Trinajstić information content (AvgIpc) is 2.35. The van der Waals surface area contributed by atoms with Gasteiger partial charge in [0.2, 0.25) is 0 Å². The maximum absolute atomic E-state index is 11.1. The van der Waals surface area contributed by atoms with Crippen molar-refractivity contribution in [1.82, 2.24) is 0 Å². The summed E-state index contributed by atoms with van der Waals surface area (Å²) in [6, 6.07) is 0. The fourth-order valence-electron chi connectivity index (χ4n) is 1.89. The monoisotopic (exact) mass is 270 g/mol. The lowest BCUT2D eigenvalue weighted by Gasteiger charge is -2.05. The minimum atomic E-state index is -0.280. The number of ether oxygens (including phenoxy) is 1. The number of unbranched alkanes of at least 4 members (excludes halogenated alkanes) is 7. The summed E-state index contributed by atoms with van der Waals surface area (Å²) in [6.07, 6.45) is 10.2. The van der Waals surface area contributed by atoms with Crippen molar-refractivity contribution in [2.24, 2.45) is 0 Å². The molecule has 1 unspecified atom stereocenters. The van der Waals surface area contributed by atoms with Gasteiger partial charge in [0.1, 0.15) is 0 Å². The summed E-state index contributed by atoms with van der Waals surface area (Å²) in [6.45, 7) is 7.57. The molecule has 0 spiro atoms. The SMILES string of the molecule is C=C(C)C(=O)OCCCCCCCCCCC(C)O. The fourth-order valence-corrected chi connectivity index (χ4v) is 1.89. The molecule has 0 aromatic carbocycles. The molecule has 0 aromatic heterocycles. The first kappa shape index (κ1) is 18.2. The van der Waals surface area contributed by atoms with E-state index in [0.29, 0.717) is 12.2 Å². The molecule has 1 N–H and O–H groups in total. The molecule has 19 heavy (non-hydrogen) atoms. The number of aliphatic hydroxyl groups excluding tert-OH is 1. The van der Waals surface area contributed by atoms with Gasteiger partial charge in [-0.3, -0.25) is 0 Å². The molecule has 0 heterocycles. The van der Waals surface area contributed by atoms with Crippen molar-refractivity contribution < 1.29 is 14.6 Å². The van der Waals surface area contributed by atoms with Crippen LogP contribution in [-0.2, 0) is 9.53 Å². The minimum absolute atomic E-state index is 0.151. The van der Waals surface area contributed by atoms with E-state index < -0.39 is 0 Å². The van der Waals surface area contributed by atoms with Gasteiger partial charge in [-0.2, -0.15) is 0 Å². The number of aliphatic hydroxyl groups is 1. The van der Waals surface area contributed by atoms with Crippen molar-refractivity contribution in [3.63, 3.8) is 0 Å². The van der Waals surface area contributed by atoms with Crippen molar-refractivity contribution in [1.29, 1.82) is 0 Å². The van der Waals surface area contributed by atoms with Crippen LogP contribution in [0.25, 0.3) is 0 Å². The lowest BCUT2D eigenvalue weighted by atomic mass is 10.1. The molecule has 0 saturated heterocycles. The Hall–Kier alpha value is -0.830. The van der Waals surface area contributed by atoms with Gasteiger partial charge in [-0.1, -0.05) is 51.5 Å². The predicted molar refractivity (Wildman–Crippen MR) is 79.0 cm³/mol. The fraction of sp³-hybridized carbons (Fsp3) is 0.812. The molecule has 0 aliphatic rings. The molecule has 0 saturated carbocycles. The molecule has 3 nitrogen and oxygen atoms in total. The third-order valence-electron chi connectivity index (χ3n) is 3.10. The van der Waals surface area contributed by atoms with Gasteiger partial charge >= 0.3 is 5.97 Å². The number of carbonyl (C=O) groups is 1. The predicted octanol–water partition coefficient (Wildman–Crippen LogP) is 4.00. The van der Waals surface area contributed by atoms with Gasteiger partial charge in [0, 0.05) is 5.57 Å². The molecule has 0 radical (unpaired) electrons. The van der Waals surface area contributed by atoms with Crippen LogP contribution >= 0.6 is 0 Å². The van der Waals surface area contributed by atoms with Gasteiger partial charge in [-0.15, -0.1) is 0 Å². The van der Waals surface area contributed by atoms with E-state index in [9.17, 15) is 4.79 Å².